The first kappa shape index (κ1) is 18.7. The summed E-state index contributed by atoms with van der Waals surface area (Å²) in [5.74, 6) is 0.111. The lowest BCUT2D eigenvalue weighted by Gasteiger charge is -2.22. The van der Waals surface area contributed by atoms with Crippen LogP contribution in [-0.4, -0.2) is 27.0 Å². The minimum atomic E-state index is -4.67. The molecule has 0 aliphatic carbocycles. The maximum absolute atomic E-state index is 13.5. The van der Waals surface area contributed by atoms with Gasteiger partial charge < -0.3 is 9.47 Å². The van der Waals surface area contributed by atoms with E-state index in [1.165, 1.54) is 19.6 Å². The summed E-state index contributed by atoms with van der Waals surface area (Å²) in [4.78, 5) is 15.0. The van der Waals surface area contributed by atoms with Gasteiger partial charge in [-0.2, -0.15) is 13.2 Å². The van der Waals surface area contributed by atoms with Crippen molar-refractivity contribution in [2.24, 2.45) is 0 Å². The summed E-state index contributed by atoms with van der Waals surface area (Å²) in [6, 6.07) is 9.07. The lowest BCUT2D eigenvalue weighted by atomic mass is 10.0. The second kappa shape index (κ2) is 8.09. The van der Waals surface area contributed by atoms with Crippen molar-refractivity contribution in [1.29, 1.82) is 0 Å². The summed E-state index contributed by atoms with van der Waals surface area (Å²) in [5, 5.41) is 0. The fraction of sp³-hybridized carbons (Fsp3) is 0.222. The number of halogens is 3. The minimum absolute atomic E-state index is 0.0652. The van der Waals surface area contributed by atoms with Crippen molar-refractivity contribution in [2.45, 2.75) is 18.9 Å². The highest BCUT2D eigenvalue weighted by atomic mass is 19.4. The van der Waals surface area contributed by atoms with Gasteiger partial charge in [0.05, 0.1) is 19.3 Å². The lowest BCUT2D eigenvalue weighted by molar-refractivity contribution is -0.143. The monoisotopic (exact) mass is 376 g/mol. The molecular formula is C18H15F3N4O2. The van der Waals surface area contributed by atoms with E-state index in [1.807, 2.05) is 30.3 Å². The van der Waals surface area contributed by atoms with Gasteiger partial charge in [0.1, 0.15) is 18.8 Å². The van der Waals surface area contributed by atoms with Gasteiger partial charge in [-0.3, -0.25) is 0 Å². The lowest BCUT2D eigenvalue weighted by Crippen LogP contribution is -2.18. The molecule has 2 aromatic heterocycles. The van der Waals surface area contributed by atoms with Crippen LogP contribution in [-0.2, 0) is 17.5 Å². The molecule has 3 rings (SSSR count). The summed E-state index contributed by atoms with van der Waals surface area (Å²) < 4.78 is 51.4. The molecule has 0 aliphatic heterocycles. The number of ether oxygens (including phenoxy) is 2. The normalized spacial score (nSPS) is 12.6. The Labute approximate surface area is 153 Å². The Morgan fingerprint density at radius 3 is 2.30 bits per heavy atom. The summed E-state index contributed by atoms with van der Waals surface area (Å²) in [7, 11) is 1.37. The second-order valence-electron chi connectivity index (χ2n) is 5.49. The number of hydrogen-bond donors (Lipinski definition) is 0. The molecular weight excluding hydrogens is 361 g/mol. The van der Waals surface area contributed by atoms with E-state index in [0.29, 0.717) is 0 Å². The van der Waals surface area contributed by atoms with Gasteiger partial charge in [-0.1, -0.05) is 30.3 Å². The van der Waals surface area contributed by atoms with Crippen LogP contribution in [0.3, 0.4) is 0 Å². The average Bonchev–Trinajstić information content (AvgIpc) is 2.69. The van der Waals surface area contributed by atoms with Crippen molar-refractivity contribution in [3.8, 4) is 5.88 Å². The minimum Gasteiger partial charge on any atom is -0.481 e. The fourth-order valence-electron chi connectivity index (χ4n) is 2.55. The fourth-order valence-corrected chi connectivity index (χ4v) is 2.55. The van der Waals surface area contributed by atoms with Crippen LogP contribution in [0, 0.1) is 0 Å². The molecule has 0 fully saturated rings. The Morgan fingerprint density at radius 2 is 1.63 bits per heavy atom. The van der Waals surface area contributed by atoms with E-state index in [1.54, 1.807) is 0 Å². The van der Waals surface area contributed by atoms with Gasteiger partial charge in [0.25, 0.3) is 0 Å². The van der Waals surface area contributed by atoms with E-state index in [0.717, 1.165) is 18.1 Å². The Bertz CT molecular complexity index is 891. The molecule has 0 saturated heterocycles. The third-order valence-electron chi connectivity index (χ3n) is 3.73. The molecule has 140 valence electrons. The van der Waals surface area contributed by atoms with Gasteiger partial charge in [-0.05, 0) is 5.56 Å². The van der Waals surface area contributed by atoms with Gasteiger partial charge >= 0.3 is 6.18 Å². The summed E-state index contributed by atoms with van der Waals surface area (Å²) in [6.45, 7) is 0.0652. The standard InChI is InChI=1S/C18H15F3N4O2/c1-26-17-14(8-23-11-25-17)15(27-9-12-5-3-2-4-6-12)13-7-22-10-24-16(13)18(19,20)21/h2-8,10-11,15H,9H2,1H3. The molecule has 3 aromatic rings. The predicted molar refractivity (Wildman–Crippen MR) is 88.7 cm³/mol. The molecule has 6 nitrogen and oxygen atoms in total. The van der Waals surface area contributed by atoms with Crippen LogP contribution in [0.2, 0.25) is 0 Å². The van der Waals surface area contributed by atoms with Gasteiger partial charge in [-0.15, -0.1) is 0 Å². The van der Waals surface area contributed by atoms with Crippen LogP contribution in [0.25, 0.3) is 0 Å². The Kier molecular flexibility index (Phi) is 5.60. The van der Waals surface area contributed by atoms with Crippen LogP contribution >= 0.6 is 0 Å². The smallest absolute Gasteiger partial charge is 0.433 e. The van der Waals surface area contributed by atoms with Crippen molar-refractivity contribution in [3.05, 3.63) is 77.8 Å². The van der Waals surface area contributed by atoms with E-state index < -0.39 is 18.0 Å². The van der Waals surface area contributed by atoms with Crippen LogP contribution in [0.4, 0.5) is 13.2 Å². The zero-order valence-corrected chi connectivity index (χ0v) is 14.2. The highest BCUT2D eigenvalue weighted by molar-refractivity contribution is 5.36. The summed E-state index contributed by atoms with van der Waals surface area (Å²) in [6.07, 6.45) is -1.32. The largest absolute Gasteiger partial charge is 0.481 e. The molecule has 1 unspecified atom stereocenters. The number of rotatable bonds is 6. The van der Waals surface area contributed by atoms with Crippen molar-refractivity contribution < 1.29 is 22.6 Å². The van der Waals surface area contributed by atoms with E-state index in [9.17, 15) is 13.2 Å². The van der Waals surface area contributed by atoms with E-state index in [-0.39, 0.29) is 23.6 Å². The topological polar surface area (TPSA) is 70.0 Å². The quantitative estimate of drug-likeness (QED) is 0.655. The Morgan fingerprint density at radius 1 is 0.963 bits per heavy atom. The highest BCUT2D eigenvalue weighted by Gasteiger charge is 2.38. The third kappa shape index (κ3) is 4.37. The Hall–Kier alpha value is -3.07. The number of methoxy groups -OCH3 is 1. The van der Waals surface area contributed by atoms with Gasteiger partial charge in [0.15, 0.2) is 5.69 Å². The number of aromatic nitrogens is 4. The molecule has 0 aliphatic rings. The van der Waals surface area contributed by atoms with Crippen molar-refractivity contribution in [3.63, 3.8) is 0 Å². The number of hydrogen-bond acceptors (Lipinski definition) is 6. The number of benzene rings is 1. The molecule has 0 radical (unpaired) electrons. The SMILES string of the molecule is COc1ncncc1C(OCc1ccccc1)c1cncnc1C(F)(F)F. The highest BCUT2D eigenvalue weighted by Crippen LogP contribution is 2.38. The average molecular weight is 376 g/mol. The molecule has 0 saturated carbocycles. The maximum atomic E-state index is 13.5. The van der Waals surface area contributed by atoms with Crippen LogP contribution in [0.1, 0.15) is 28.5 Å². The van der Waals surface area contributed by atoms with Crippen LogP contribution in [0.15, 0.2) is 55.4 Å². The molecule has 0 bridgehead atoms. The molecule has 0 amide bonds. The van der Waals surface area contributed by atoms with Gasteiger partial charge in [-0.25, -0.2) is 19.9 Å². The van der Waals surface area contributed by atoms with Crippen molar-refractivity contribution >= 4 is 0 Å². The van der Waals surface area contributed by atoms with Gasteiger partial charge in [0.2, 0.25) is 5.88 Å². The van der Waals surface area contributed by atoms with Crippen LogP contribution < -0.4 is 4.74 Å². The van der Waals surface area contributed by atoms with Crippen molar-refractivity contribution in [1.82, 2.24) is 19.9 Å². The summed E-state index contributed by atoms with van der Waals surface area (Å²) >= 11 is 0. The molecule has 0 spiro atoms. The number of nitrogens with zero attached hydrogens (tertiary/aromatic N) is 4. The molecule has 9 heteroatoms. The van der Waals surface area contributed by atoms with Crippen LogP contribution in [0.5, 0.6) is 5.88 Å². The van der Waals surface area contributed by atoms with E-state index in [2.05, 4.69) is 19.9 Å². The van der Waals surface area contributed by atoms with E-state index >= 15 is 0 Å². The zero-order valence-electron chi connectivity index (χ0n) is 14.2. The predicted octanol–water partition coefficient (Wildman–Crippen LogP) is 3.60. The molecule has 0 N–H and O–H groups in total. The number of alkyl halides is 3. The molecule has 1 atom stereocenters. The zero-order chi connectivity index (χ0) is 19.3. The third-order valence-corrected chi connectivity index (χ3v) is 3.73. The first-order valence-electron chi connectivity index (χ1n) is 7.87. The first-order chi connectivity index (χ1) is 13.0. The first-order valence-corrected chi connectivity index (χ1v) is 7.87. The molecule has 27 heavy (non-hydrogen) atoms. The maximum Gasteiger partial charge on any atom is 0.433 e. The Balaban J connectivity index is 2.05. The van der Waals surface area contributed by atoms with Crippen molar-refractivity contribution in [2.75, 3.05) is 7.11 Å². The van der Waals surface area contributed by atoms with Gasteiger partial charge in [0, 0.05) is 18.0 Å². The van der Waals surface area contributed by atoms with E-state index in [4.69, 9.17) is 9.47 Å². The summed E-state index contributed by atoms with van der Waals surface area (Å²) in [5.41, 5.74) is -0.282. The second-order valence-corrected chi connectivity index (χ2v) is 5.49. The molecule has 2 heterocycles. The molecule has 1 aromatic carbocycles.